The molecule has 9 heteroatoms. The molecule has 2 aromatic carbocycles. The molecule has 0 aliphatic carbocycles. The SMILES string of the molecule is COc1ccc2nc(SCC(=O)Nc3c(F)cc(F)cc3Br)[nH]c2c1. The van der Waals surface area contributed by atoms with E-state index in [0.717, 1.165) is 17.1 Å². The van der Waals surface area contributed by atoms with Gasteiger partial charge in [-0.1, -0.05) is 11.8 Å². The summed E-state index contributed by atoms with van der Waals surface area (Å²) in [5.74, 6) is -1.30. The number of carbonyl (C=O) groups excluding carboxylic acids is 1. The van der Waals surface area contributed by atoms with Gasteiger partial charge in [-0.3, -0.25) is 4.79 Å². The van der Waals surface area contributed by atoms with Crippen molar-refractivity contribution in [2.24, 2.45) is 0 Å². The van der Waals surface area contributed by atoms with Gasteiger partial charge in [0.15, 0.2) is 11.0 Å². The third-order valence-electron chi connectivity index (χ3n) is 3.28. The first-order chi connectivity index (χ1) is 12.0. The number of aromatic amines is 1. The van der Waals surface area contributed by atoms with Gasteiger partial charge in [0.05, 0.1) is 29.6 Å². The molecule has 2 N–H and O–H groups in total. The zero-order chi connectivity index (χ0) is 18.0. The van der Waals surface area contributed by atoms with E-state index >= 15 is 0 Å². The topological polar surface area (TPSA) is 67.0 Å². The Morgan fingerprint density at radius 2 is 2.16 bits per heavy atom. The zero-order valence-corrected chi connectivity index (χ0v) is 15.3. The first-order valence-corrected chi connectivity index (χ1v) is 8.85. The smallest absolute Gasteiger partial charge is 0.234 e. The normalized spacial score (nSPS) is 10.9. The molecule has 0 spiro atoms. The van der Waals surface area contributed by atoms with Gasteiger partial charge < -0.3 is 15.0 Å². The Hall–Kier alpha value is -2.13. The molecule has 0 saturated heterocycles. The van der Waals surface area contributed by atoms with Crippen LogP contribution in [0.5, 0.6) is 5.75 Å². The monoisotopic (exact) mass is 427 g/mol. The van der Waals surface area contributed by atoms with Crippen LogP contribution >= 0.6 is 27.7 Å². The number of hydrogen-bond donors (Lipinski definition) is 2. The molecule has 0 radical (unpaired) electrons. The van der Waals surface area contributed by atoms with Crippen LogP contribution in [0.4, 0.5) is 14.5 Å². The summed E-state index contributed by atoms with van der Waals surface area (Å²) < 4.78 is 32.1. The third-order valence-corrected chi connectivity index (χ3v) is 4.78. The van der Waals surface area contributed by atoms with Crippen LogP contribution in [0.25, 0.3) is 11.0 Å². The molecule has 0 aliphatic rings. The number of nitrogens with one attached hydrogen (secondary N) is 2. The molecular weight excluding hydrogens is 416 g/mol. The second-order valence-corrected chi connectivity index (χ2v) is 6.82. The number of carbonyl (C=O) groups is 1. The average molecular weight is 428 g/mol. The predicted octanol–water partition coefficient (Wildman–Crippen LogP) is 4.34. The molecule has 1 amide bonds. The number of fused-ring (bicyclic) bond motifs is 1. The van der Waals surface area contributed by atoms with E-state index in [2.05, 4.69) is 31.2 Å². The van der Waals surface area contributed by atoms with Crippen molar-refractivity contribution in [2.75, 3.05) is 18.2 Å². The Kier molecular flexibility index (Phi) is 5.24. The number of halogens is 3. The Morgan fingerprint density at radius 1 is 1.36 bits per heavy atom. The molecule has 0 saturated carbocycles. The number of benzene rings is 2. The summed E-state index contributed by atoms with van der Waals surface area (Å²) in [7, 11) is 1.57. The third kappa shape index (κ3) is 4.10. The molecule has 0 unspecified atom stereocenters. The van der Waals surface area contributed by atoms with Crippen molar-refractivity contribution < 1.29 is 18.3 Å². The van der Waals surface area contributed by atoms with Gasteiger partial charge in [0.25, 0.3) is 0 Å². The molecule has 5 nitrogen and oxygen atoms in total. The average Bonchev–Trinajstić information content (AvgIpc) is 2.98. The maximum atomic E-state index is 13.7. The lowest BCUT2D eigenvalue weighted by atomic mass is 10.3. The highest BCUT2D eigenvalue weighted by molar-refractivity contribution is 9.10. The van der Waals surface area contributed by atoms with Crippen LogP contribution in [-0.2, 0) is 4.79 Å². The number of H-pyrrole nitrogens is 1. The number of rotatable bonds is 5. The maximum Gasteiger partial charge on any atom is 0.234 e. The number of ether oxygens (including phenoxy) is 1. The van der Waals surface area contributed by atoms with Gasteiger partial charge in [0.2, 0.25) is 5.91 Å². The number of amides is 1. The summed E-state index contributed by atoms with van der Waals surface area (Å²) in [6.45, 7) is 0. The van der Waals surface area contributed by atoms with Crippen LogP contribution in [0, 0.1) is 11.6 Å². The molecule has 0 bridgehead atoms. The fourth-order valence-electron chi connectivity index (χ4n) is 2.13. The summed E-state index contributed by atoms with van der Waals surface area (Å²) in [5, 5.41) is 2.97. The predicted molar refractivity (Wildman–Crippen MR) is 96.1 cm³/mol. The number of methoxy groups -OCH3 is 1. The molecule has 3 aromatic rings. The number of nitrogens with zero attached hydrogens (tertiary/aromatic N) is 1. The Bertz CT molecular complexity index is 925. The minimum absolute atomic E-state index is 0.0141. The summed E-state index contributed by atoms with van der Waals surface area (Å²) in [6.07, 6.45) is 0. The fraction of sp³-hybridized carbons (Fsp3) is 0.125. The lowest BCUT2D eigenvalue weighted by Gasteiger charge is -2.08. The summed E-state index contributed by atoms with van der Waals surface area (Å²) >= 11 is 4.20. The lowest BCUT2D eigenvalue weighted by molar-refractivity contribution is -0.113. The van der Waals surface area contributed by atoms with Gasteiger partial charge in [-0.2, -0.15) is 0 Å². The highest BCUT2D eigenvalue weighted by Gasteiger charge is 2.14. The van der Waals surface area contributed by atoms with Gasteiger partial charge >= 0.3 is 0 Å². The molecule has 0 atom stereocenters. The van der Waals surface area contributed by atoms with E-state index in [1.165, 1.54) is 11.8 Å². The van der Waals surface area contributed by atoms with Crippen molar-refractivity contribution in [1.29, 1.82) is 0 Å². The molecule has 1 heterocycles. The van der Waals surface area contributed by atoms with Crippen LogP contribution < -0.4 is 10.1 Å². The van der Waals surface area contributed by atoms with Crippen LogP contribution in [-0.4, -0.2) is 28.7 Å². The van der Waals surface area contributed by atoms with Crippen LogP contribution in [0.1, 0.15) is 0 Å². The molecule has 3 rings (SSSR count). The van der Waals surface area contributed by atoms with Crippen LogP contribution in [0.15, 0.2) is 40.0 Å². The minimum atomic E-state index is -0.846. The van der Waals surface area contributed by atoms with Crippen molar-refractivity contribution in [1.82, 2.24) is 9.97 Å². The van der Waals surface area contributed by atoms with E-state index < -0.39 is 17.5 Å². The summed E-state index contributed by atoms with van der Waals surface area (Å²) in [6, 6.07) is 7.19. The van der Waals surface area contributed by atoms with Crippen molar-refractivity contribution >= 4 is 50.3 Å². The van der Waals surface area contributed by atoms with Gasteiger partial charge in [-0.05, 0) is 34.1 Å². The van der Waals surface area contributed by atoms with Crippen LogP contribution in [0.3, 0.4) is 0 Å². The minimum Gasteiger partial charge on any atom is -0.497 e. The van der Waals surface area contributed by atoms with E-state index in [1.54, 1.807) is 25.3 Å². The highest BCUT2D eigenvalue weighted by atomic mass is 79.9. The van der Waals surface area contributed by atoms with Crippen molar-refractivity contribution in [3.05, 3.63) is 46.4 Å². The van der Waals surface area contributed by atoms with Crippen molar-refractivity contribution in [3.8, 4) is 5.75 Å². The van der Waals surface area contributed by atoms with Gasteiger partial charge in [-0.15, -0.1) is 0 Å². The van der Waals surface area contributed by atoms with E-state index in [-0.39, 0.29) is 15.9 Å². The second-order valence-electron chi connectivity index (χ2n) is 5.01. The first kappa shape index (κ1) is 17.7. The standard InChI is InChI=1S/C16H12BrF2N3O2S/c1-24-9-2-3-12-13(6-9)21-16(20-12)25-7-14(23)22-15-10(17)4-8(18)5-11(15)19/h2-6H,7H2,1H3,(H,20,21)(H,22,23). The molecule has 1 aromatic heterocycles. The molecule has 0 fully saturated rings. The second kappa shape index (κ2) is 7.40. The first-order valence-electron chi connectivity index (χ1n) is 7.07. The van der Waals surface area contributed by atoms with Crippen molar-refractivity contribution in [3.63, 3.8) is 0 Å². The Labute approximate surface area is 154 Å². The van der Waals surface area contributed by atoms with E-state index in [0.29, 0.717) is 17.0 Å². The zero-order valence-electron chi connectivity index (χ0n) is 12.9. The summed E-state index contributed by atoms with van der Waals surface area (Å²) in [4.78, 5) is 19.4. The summed E-state index contributed by atoms with van der Waals surface area (Å²) in [5.41, 5.74) is 1.44. The maximum absolute atomic E-state index is 13.7. The highest BCUT2D eigenvalue weighted by Crippen LogP contribution is 2.28. The molecule has 25 heavy (non-hydrogen) atoms. The number of aromatic nitrogens is 2. The van der Waals surface area contributed by atoms with E-state index in [1.807, 2.05) is 0 Å². The van der Waals surface area contributed by atoms with Gasteiger partial charge in [-0.25, -0.2) is 13.8 Å². The quantitative estimate of drug-likeness (QED) is 0.594. The van der Waals surface area contributed by atoms with E-state index in [9.17, 15) is 13.6 Å². The van der Waals surface area contributed by atoms with Crippen LogP contribution in [0.2, 0.25) is 0 Å². The number of anilines is 1. The molecular formula is C16H12BrF2N3O2S. The van der Waals surface area contributed by atoms with E-state index in [4.69, 9.17) is 4.74 Å². The fourth-order valence-corrected chi connectivity index (χ4v) is 3.32. The largest absolute Gasteiger partial charge is 0.497 e. The number of imidazole rings is 1. The molecule has 0 aliphatic heterocycles. The van der Waals surface area contributed by atoms with Gasteiger partial charge in [0.1, 0.15) is 11.6 Å². The number of hydrogen-bond acceptors (Lipinski definition) is 4. The number of thioether (sulfide) groups is 1. The van der Waals surface area contributed by atoms with Crippen molar-refractivity contribution in [2.45, 2.75) is 5.16 Å². The van der Waals surface area contributed by atoms with Gasteiger partial charge in [0, 0.05) is 16.6 Å². The Morgan fingerprint density at radius 3 is 2.88 bits per heavy atom. The lowest BCUT2D eigenvalue weighted by Crippen LogP contribution is -2.15. The Balaban J connectivity index is 1.66. The molecule has 130 valence electrons.